The summed E-state index contributed by atoms with van der Waals surface area (Å²) in [5.41, 5.74) is 8.12. The van der Waals surface area contributed by atoms with Gasteiger partial charge in [0.2, 0.25) is 0 Å². The molecule has 1 fully saturated rings. The average molecular weight is 235 g/mol. The first-order valence-electron chi connectivity index (χ1n) is 5.72. The largest absolute Gasteiger partial charge is 0.409 e. The minimum Gasteiger partial charge on any atom is -0.409 e. The molecule has 0 amide bonds. The topological polar surface area (TPSA) is 80.7 Å². The van der Waals surface area contributed by atoms with Gasteiger partial charge in [-0.2, -0.15) is 0 Å². The fourth-order valence-corrected chi connectivity index (χ4v) is 2.12. The lowest BCUT2D eigenvalue weighted by Gasteiger charge is -2.09. The van der Waals surface area contributed by atoms with Crippen molar-refractivity contribution in [1.82, 2.24) is 4.98 Å². The molecule has 92 valence electrons. The quantitative estimate of drug-likeness (QED) is 0.355. The number of nitrogens with two attached hydrogens (primary N) is 1. The lowest BCUT2D eigenvalue weighted by Crippen LogP contribution is -2.16. The summed E-state index contributed by atoms with van der Waals surface area (Å²) in [6.07, 6.45) is 2.05. The molecule has 5 heteroatoms. The number of aromatic nitrogens is 1. The molecule has 0 aliphatic carbocycles. The summed E-state index contributed by atoms with van der Waals surface area (Å²) in [5, 5.41) is 11.6. The molecule has 0 spiro atoms. The number of rotatable bonds is 3. The molecule has 1 aromatic heterocycles. The van der Waals surface area contributed by atoms with Crippen LogP contribution in [-0.4, -0.2) is 29.2 Å². The van der Waals surface area contributed by atoms with Gasteiger partial charge in [-0.15, -0.1) is 0 Å². The van der Waals surface area contributed by atoms with Crippen LogP contribution in [0.2, 0.25) is 0 Å². The van der Waals surface area contributed by atoms with E-state index in [4.69, 9.17) is 15.7 Å². The van der Waals surface area contributed by atoms with Crippen LogP contribution in [0.3, 0.4) is 0 Å². The molecule has 1 aromatic rings. The van der Waals surface area contributed by atoms with E-state index in [9.17, 15) is 0 Å². The van der Waals surface area contributed by atoms with Gasteiger partial charge in [0.15, 0.2) is 5.84 Å². The molecule has 2 heterocycles. The Balaban J connectivity index is 2.18. The van der Waals surface area contributed by atoms with Crippen molar-refractivity contribution < 1.29 is 9.94 Å². The Morgan fingerprint density at radius 2 is 2.47 bits per heavy atom. The van der Waals surface area contributed by atoms with E-state index in [-0.39, 0.29) is 5.84 Å². The Hall–Kier alpha value is -1.62. The van der Waals surface area contributed by atoms with E-state index in [2.05, 4.69) is 10.1 Å². The third-order valence-electron chi connectivity index (χ3n) is 2.93. The zero-order valence-corrected chi connectivity index (χ0v) is 9.89. The molecule has 1 unspecified atom stereocenters. The van der Waals surface area contributed by atoms with Crippen molar-refractivity contribution in [2.24, 2.45) is 16.8 Å². The highest BCUT2D eigenvalue weighted by Gasteiger charge is 2.17. The molecule has 0 aromatic carbocycles. The van der Waals surface area contributed by atoms with Gasteiger partial charge in [-0.1, -0.05) is 5.16 Å². The van der Waals surface area contributed by atoms with Crippen LogP contribution in [0.15, 0.2) is 17.3 Å². The van der Waals surface area contributed by atoms with Crippen LogP contribution in [0.5, 0.6) is 0 Å². The van der Waals surface area contributed by atoms with Gasteiger partial charge in [-0.3, -0.25) is 0 Å². The summed E-state index contributed by atoms with van der Waals surface area (Å²) in [4.78, 5) is 4.23. The van der Waals surface area contributed by atoms with Gasteiger partial charge >= 0.3 is 0 Å². The highest BCUT2D eigenvalue weighted by molar-refractivity contribution is 5.95. The molecule has 1 aliphatic heterocycles. The Morgan fingerprint density at radius 1 is 1.65 bits per heavy atom. The van der Waals surface area contributed by atoms with Crippen molar-refractivity contribution in [3.05, 3.63) is 29.1 Å². The normalized spacial score (nSPS) is 20.8. The average Bonchev–Trinajstić information content (AvgIpc) is 2.80. The molecule has 1 atom stereocenters. The summed E-state index contributed by atoms with van der Waals surface area (Å²) in [6, 6.07) is 3.91. The van der Waals surface area contributed by atoms with E-state index < -0.39 is 0 Å². The molecular weight excluding hydrogens is 218 g/mol. The molecule has 2 rings (SSSR count). The van der Waals surface area contributed by atoms with Gasteiger partial charge in [0.25, 0.3) is 0 Å². The second kappa shape index (κ2) is 5.14. The number of nitrogens with zero attached hydrogens (tertiary/aromatic N) is 2. The van der Waals surface area contributed by atoms with E-state index in [1.807, 2.05) is 19.1 Å². The number of pyridine rings is 1. The van der Waals surface area contributed by atoms with Gasteiger partial charge in [0, 0.05) is 18.9 Å². The smallest absolute Gasteiger partial charge is 0.188 e. The van der Waals surface area contributed by atoms with Crippen molar-refractivity contribution in [3.63, 3.8) is 0 Å². The van der Waals surface area contributed by atoms with Crippen molar-refractivity contribution >= 4 is 5.84 Å². The number of amidine groups is 1. The van der Waals surface area contributed by atoms with Gasteiger partial charge in [-0.25, -0.2) is 4.98 Å². The minimum atomic E-state index is 0.0534. The second-order valence-electron chi connectivity index (χ2n) is 4.42. The minimum absolute atomic E-state index is 0.0534. The fourth-order valence-electron chi connectivity index (χ4n) is 2.12. The van der Waals surface area contributed by atoms with Crippen LogP contribution < -0.4 is 5.73 Å². The maximum absolute atomic E-state index is 8.66. The lowest BCUT2D eigenvalue weighted by atomic mass is 9.98. The standard InChI is InChI=1S/C12H17N3O2/c1-8-4-10(5-9-2-3-17-7-9)6-11(14-8)12(13)15-16/h4,6,9,16H,2-3,5,7H2,1H3,(H2,13,15). The first kappa shape index (κ1) is 11.9. The molecule has 0 radical (unpaired) electrons. The number of hydrogen-bond donors (Lipinski definition) is 2. The van der Waals surface area contributed by atoms with Crippen LogP contribution in [0.25, 0.3) is 0 Å². The number of aryl methyl sites for hydroxylation is 1. The summed E-state index contributed by atoms with van der Waals surface area (Å²) < 4.78 is 5.35. The molecule has 0 bridgehead atoms. The Labute approximate surface area is 100 Å². The second-order valence-corrected chi connectivity index (χ2v) is 4.42. The zero-order valence-electron chi connectivity index (χ0n) is 9.89. The van der Waals surface area contributed by atoms with E-state index in [0.29, 0.717) is 11.6 Å². The molecule has 1 aliphatic rings. The zero-order chi connectivity index (χ0) is 12.3. The Bertz CT molecular complexity index is 426. The lowest BCUT2D eigenvalue weighted by molar-refractivity contribution is 0.186. The SMILES string of the molecule is Cc1cc(CC2CCOC2)cc(C(N)=NO)n1. The molecular formula is C12H17N3O2. The molecule has 0 saturated carbocycles. The van der Waals surface area contributed by atoms with Gasteiger partial charge < -0.3 is 15.7 Å². The summed E-state index contributed by atoms with van der Waals surface area (Å²) in [5.74, 6) is 0.620. The van der Waals surface area contributed by atoms with Crippen molar-refractivity contribution in [2.75, 3.05) is 13.2 Å². The van der Waals surface area contributed by atoms with E-state index in [1.54, 1.807) is 0 Å². The molecule has 1 saturated heterocycles. The van der Waals surface area contributed by atoms with Gasteiger partial charge in [-0.05, 0) is 43.4 Å². The van der Waals surface area contributed by atoms with Gasteiger partial charge in [0.05, 0.1) is 0 Å². The summed E-state index contributed by atoms with van der Waals surface area (Å²) in [7, 11) is 0. The van der Waals surface area contributed by atoms with Crippen molar-refractivity contribution in [2.45, 2.75) is 19.8 Å². The van der Waals surface area contributed by atoms with Crippen molar-refractivity contribution in [3.8, 4) is 0 Å². The van der Waals surface area contributed by atoms with E-state index >= 15 is 0 Å². The van der Waals surface area contributed by atoms with E-state index in [0.717, 1.165) is 37.3 Å². The summed E-state index contributed by atoms with van der Waals surface area (Å²) in [6.45, 7) is 3.57. The van der Waals surface area contributed by atoms with Crippen LogP contribution in [0.1, 0.15) is 23.4 Å². The monoisotopic (exact) mass is 235 g/mol. The number of oxime groups is 1. The first-order valence-corrected chi connectivity index (χ1v) is 5.72. The molecule has 17 heavy (non-hydrogen) atoms. The van der Waals surface area contributed by atoms with Crippen LogP contribution in [0.4, 0.5) is 0 Å². The molecule has 5 nitrogen and oxygen atoms in total. The predicted octanol–water partition coefficient (Wildman–Crippen LogP) is 1.06. The van der Waals surface area contributed by atoms with Crippen molar-refractivity contribution in [1.29, 1.82) is 0 Å². The number of hydrogen-bond acceptors (Lipinski definition) is 4. The highest BCUT2D eigenvalue weighted by Crippen LogP contribution is 2.19. The highest BCUT2D eigenvalue weighted by atomic mass is 16.5. The summed E-state index contributed by atoms with van der Waals surface area (Å²) >= 11 is 0. The Kier molecular flexibility index (Phi) is 3.58. The van der Waals surface area contributed by atoms with Crippen LogP contribution in [-0.2, 0) is 11.2 Å². The third-order valence-corrected chi connectivity index (χ3v) is 2.93. The molecule has 3 N–H and O–H groups in total. The predicted molar refractivity (Wildman–Crippen MR) is 64.1 cm³/mol. The van der Waals surface area contributed by atoms with Gasteiger partial charge in [0.1, 0.15) is 5.69 Å². The number of ether oxygens (including phenoxy) is 1. The first-order chi connectivity index (χ1) is 8.19. The van der Waals surface area contributed by atoms with E-state index in [1.165, 1.54) is 0 Å². The van der Waals surface area contributed by atoms with Crippen LogP contribution in [0, 0.1) is 12.8 Å². The maximum Gasteiger partial charge on any atom is 0.188 e. The van der Waals surface area contributed by atoms with Crippen LogP contribution >= 0.6 is 0 Å². The third kappa shape index (κ3) is 2.94. The maximum atomic E-state index is 8.66. The Morgan fingerprint density at radius 3 is 3.12 bits per heavy atom. The fraction of sp³-hybridized carbons (Fsp3) is 0.500.